The van der Waals surface area contributed by atoms with Crippen molar-refractivity contribution in [2.24, 2.45) is 0 Å². The Bertz CT molecular complexity index is 769. The lowest BCUT2D eigenvalue weighted by Gasteiger charge is -2.26. The molecule has 0 spiro atoms. The van der Waals surface area contributed by atoms with Gasteiger partial charge in [0.25, 0.3) is 0 Å². The molecule has 0 aliphatic carbocycles. The average molecular weight is 470 g/mol. The van der Waals surface area contributed by atoms with Crippen LogP contribution in [0.3, 0.4) is 0 Å². The number of halogens is 2. The maximum atomic E-state index is 6.21. The first-order chi connectivity index (χ1) is 13.7. The third-order valence-electron chi connectivity index (χ3n) is 4.70. The van der Waals surface area contributed by atoms with Crippen LogP contribution < -0.4 is 14.8 Å². The summed E-state index contributed by atoms with van der Waals surface area (Å²) in [4.78, 5) is 2.41. The number of morpholine rings is 1. The molecule has 152 valence electrons. The van der Waals surface area contributed by atoms with Crippen LogP contribution in [0.25, 0.3) is 0 Å². The van der Waals surface area contributed by atoms with Gasteiger partial charge in [0.1, 0.15) is 6.61 Å². The number of benzene rings is 2. The zero-order chi connectivity index (χ0) is 19.8. The van der Waals surface area contributed by atoms with Gasteiger partial charge in [-0.25, -0.2) is 0 Å². The lowest BCUT2D eigenvalue weighted by Crippen LogP contribution is -2.40. The minimum absolute atomic E-state index is 0.389. The molecule has 2 aromatic rings. The highest BCUT2D eigenvalue weighted by Crippen LogP contribution is 2.34. The zero-order valence-corrected chi connectivity index (χ0v) is 18.4. The first-order valence-corrected chi connectivity index (χ1v) is 10.6. The van der Waals surface area contributed by atoms with Crippen molar-refractivity contribution in [3.05, 3.63) is 57.0 Å². The van der Waals surface area contributed by atoms with E-state index in [9.17, 15) is 0 Å². The van der Waals surface area contributed by atoms with E-state index in [1.165, 1.54) is 0 Å². The topological polar surface area (TPSA) is 43.0 Å². The summed E-state index contributed by atoms with van der Waals surface area (Å²) in [6.07, 6.45) is 0. The molecule has 0 unspecified atom stereocenters. The van der Waals surface area contributed by atoms with Crippen LogP contribution >= 0.6 is 27.5 Å². The van der Waals surface area contributed by atoms with Gasteiger partial charge in [0.05, 0.1) is 20.3 Å². The van der Waals surface area contributed by atoms with Crippen molar-refractivity contribution in [1.29, 1.82) is 0 Å². The van der Waals surface area contributed by atoms with Crippen LogP contribution in [0.4, 0.5) is 0 Å². The molecule has 0 saturated carbocycles. The largest absolute Gasteiger partial charge is 0.493 e. The van der Waals surface area contributed by atoms with Crippen LogP contribution in [0.2, 0.25) is 5.02 Å². The van der Waals surface area contributed by atoms with Crippen LogP contribution in [-0.2, 0) is 17.9 Å². The van der Waals surface area contributed by atoms with E-state index in [0.717, 1.165) is 61.5 Å². The molecule has 0 atom stereocenters. The van der Waals surface area contributed by atoms with Crippen molar-refractivity contribution >= 4 is 27.5 Å². The van der Waals surface area contributed by atoms with Gasteiger partial charge in [0.15, 0.2) is 11.5 Å². The van der Waals surface area contributed by atoms with Gasteiger partial charge in [-0.3, -0.25) is 4.90 Å². The van der Waals surface area contributed by atoms with Gasteiger partial charge in [-0.1, -0.05) is 45.7 Å². The van der Waals surface area contributed by atoms with E-state index in [-0.39, 0.29) is 0 Å². The summed E-state index contributed by atoms with van der Waals surface area (Å²) in [7, 11) is 1.65. The van der Waals surface area contributed by atoms with E-state index >= 15 is 0 Å². The molecular formula is C21H26BrClN2O3. The Morgan fingerprint density at radius 2 is 1.93 bits per heavy atom. The van der Waals surface area contributed by atoms with Gasteiger partial charge < -0.3 is 19.5 Å². The predicted octanol–water partition coefficient (Wildman–Crippen LogP) is 4.11. The van der Waals surface area contributed by atoms with Gasteiger partial charge in [-0.15, -0.1) is 0 Å². The standard InChI is InChI=1S/C21H26BrClN2O3/c1-26-20-12-17(14-24-6-7-25-8-10-27-11-9-25)18(22)13-21(20)28-15-16-4-2-3-5-19(16)23/h2-5,12-13,24H,6-11,14-15H2,1H3. The second-order valence-corrected chi connectivity index (χ2v) is 7.87. The van der Waals surface area contributed by atoms with Gasteiger partial charge >= 0.3 is 0 Å². The van der Waals surface area contributed by atoms with Gasteiger partial charge in [-0.2, -0.15) is 0 Å². The van der Waals surface area contributed by atoms with Gasteiger partial charge in [0, 0.05) is 47.8 Å². The maximum Gasteiger partial charge on any atom is 0.162 e. The van der Waals surface area contributed by atoms with E-state index in [2.05, 4.69) is 26.1 Å². The second-order valence-electron chi connectivity index (χ2n) is 6.61. The fourth-order valence-electron chi connectivity index (χ4n) is 3.04. The maximum absolute atomic E-state index is 6.21. The molecule has 0 bridgehead atoms. The van der Waals surface area contributed by atoms with E-state index in [0.29, 0.717) is 23.1 Å². The number of nitrogens with one attached hydrogen (secondary N) is 1. The molecule has 1 aliphatic rings. The highest BCUT2D eigenvalue weighted by Gasteiger charge is 2.12. The van der Waals surface area contributed by atoms with Crippen LogP contribution in [0.5, 0.6) is 11.5 Å². The first-order valence-electron chi connectivity index (χ1n) is 9.41. The average Bonchev–Trinajstić information content (AvgIpc) is 2.72. The molecule has 1 N–H and O–H groups in total. The van der Waals surface area contributed by atoms with Crippen LogP contribution in [0.1, 0.15) is 11.1 Å². The van der Waals surface area contributed by atoms with Crippen molar-refractivity contribution in [2.75, 3.05) is 46.5 Å². The number of hydrogen-bond donors (Lipinski definition) is 1. The van der Waals surface area contributed by atoms with Gasteiger partial charge in [0.2, 0.25) is 0 Å². The number of rotatable bonds is 9. The Labute approximate surface area is 180 Å². The summed E-state index contributed by atoms with van der Waals surface area (Å²) < 4.78 is 17.9. The number of nitrogens with zero attached hydrogens (tertiary/aromatic N) is 1. The van der Waals surface area contributed by atoms with Gasteiger partial charge in [-0.05, 0) is 23.8 Å². The summed E-state index contributed by atoms with van der Waals surface area (Å²) >= 11 is 9.86. The summed E-state index contributed by atoms with van der Waals surface area (Å²) in [6.45, 7) is 6.78. The summed E-state index contributed by atoms with van der Waals surface area (Å²) in [5.74, 6) is 1.39. The molecule has 0 radical (unpaired) electrons. The second kappa shape index (κ2) is 11.0. The SMILES string of the molecule is COc1cc(CNCCN2CCOCC2)c(Br)cc1OCc1ccccc1Cl. The van der Waals surface area contributed by atoms with E-state index in [1.54, 1.807) is 7.11 Å². The van der Waals surface area contributed by atoms with E-state index in [4.69, 9.17) is 25.8 Å². The fourth-order valence-corrected chi connectivity index (χ4v) is 3.69. The number of ether oxygens (including phenoxy) is 3. The smallest absolute Gasteiger partial charge is 0.162 e. The van der Waals surface area contributed by atoms with Crippen molar-refractivity contribution in [3.8, 4) is 11.5 Å². The molecule has 0 aromatic heterocycles. The molecule has 1 saturated heterocycles. The van der Waals surface area contributed by atoms with Crippen molar-refractivity contribution in [3.63, 3.8) is 0 Å². The van der Waals surface area contributed by atoms with E-state index in [1.807, 2.05) is 36.4 Å². The lowest BCUT2D eigenvalue weighted by molar-refractivity contribution is 0.0384. The minimum atomic E-state index is 0.389. The van der Waals surface area contributed by atoms with E-state index < -0.39 is 0 Å². The minimum Gasteiger partial charge on any atom is -0.493 e. The lowest BCUT2D eigenvalue weighted by atomic mass is 10.2. The molecule has 1 fully saturated rings. The zero-order valence-electron chi connectivity index (χ0n) is 16.0. The summed E-state index contributed by atoms with van der Waals surface area (Å²) in [5.41, 5.74) is 2.07. The molecule has 3 rings (SSSR count). The van der Waals surface area contributed by atoms with Crippen LogP contribution in [0, 0.1) is 0 Å². The Balaban J connectivity index is 1.55. The monoisotopic (exact) mass is 468 g/mol. The van der Waals surface area contributed by atoms with Crippen molar-refractivity contribution < 1.29 is 14.2 Å². The normalized spacial score (nSPS) is 14.8. The summed E-state index contributed by atoms with van der Waals surface area (Å²) in [6, 6.07) is 11.6. The Kier molecular flexibility index (Phi) is 8.43. The molecule has 5 nitrogen and oxygen atoms in total. The fraction of sp³-hybridized carbons (Fsp3) is 0.429. The third-order valence-corrected chi connectivity index (χ3v) is 5.80. The summed E-state index contributed by atoms with van der Waals surface area (Å²) in [5, 5.41) is 4.20. The van der Waals surface area contributed by atoms with Crippen LogP contribution in [0.15, 0.2) is 40.9 Å². The predicted molar refractivity (Wildman–Crippen MR) is 115 cm³/mol. The number of methoxy groups -OCH3 is 1. The molecule has 1 heterocycles. The Morgan fingerprint density at radius 3 is 2.68 bits per heavy atom. The van der Waals surface area contributed by atoms with Crippen LogP contribution in [-0.4, -0.2) is 51.4 Å². The Morgan fingerprint density at radius 1 is 1.14 bits per heavy atom. The molecule has 7 heteroatoms. The first kappa shape index (κ1) is 21.4. The Hall–Kier alpha value is -1.31. The molecule has 0 amide bonds. The molecule has 1 aliphatic heterocycles. The van der Waals surface area contributed by atoms with Crippen molar-refractivity contribution in [2.45, 2.75) is 13.2 Å². The third kappa shape index (κ3) is 6.09. The quantitative estimate of drug-likeness (QED) is 0.560. The number of hydrogen-bond acceptors (Lipinski definition) is 5. The highest BCUT2D eigenvalue weighted by molar-refractivity contribution is 9.10. The molecule has 28 heavy (non-hydrogen) atoms. The van der Waals surface area contributed by atoms with Crippen molar-refractivity contribution in [1.82, 2.24) is 10.2 Å². The molecular weight excluding hydrogens is 444 g/mol. The molecule has 2 aromatic carbocycles. The highest BCUT2D eigenvalue weighted by atomic mass is 79.9.